The predicted octanol–water partition coefficient (Wildman–Crippen LogP) is 2.48. The number of hydrogen-bond donors (Lipinski definition) is 1. The Kier molecular flexibility index (Phi) is 3.87. The third kappa shape index (κ3) is 3.02. The highest BCUT2D eigenvalue weighted by Crippen LogP contribution is 2.35. The molecule has 0 radical (unpaired) electrons. The average Bonchev–Trinajstić information content (AvgIpc) is 3.15. The minimum atomic E-state index is -0.817. The van der Waals surface area contributed by atoms with Crippen LogP contribution < -0.4 is 5.32 Å². The average molecular weight is 328 g/mol. The van der Waals surface area contributed by atoms with Gasteiger partial charge in [-0.25, -0.2) is 0 Å². The molecule has 1 amide bonds. The number of hydrogen-bond acceptors (Lipinski definition) is 6. The summed E-state index contributed by atoms with van der Waals surface area (Å²) < 4.78 is 5.39. The van der Waals surface area contributed by atoms with Crippen LogP contribution in [0, 0.1) is 0 Å². The van der Waals surface area contributed by atoms with Gasteiger partial charge in [0.15, 0.2) is 5.82 Å². The van der Waals surface area contributed by atoms with E-state index in [0.29, 0.717) is 18.1 Å². The first-order valence-corrected chi connectivity index (χ1v) is 7.74. The van der Waals surface area contributed by atoms with E-state index in [4.69, 9.17) is 9.36 Å². The fourth-order valence-electron chi connectivity index (χ4n) is 2.63. The Hall–Kier alpha value is -2.70. The minimum absolute atomic E-state index is 0.163. The van der Waals surface area contributed by atoms with Crippen molar-refractivity contribution in [3.63, 3.8) is 0 Å². The first-order valence-electron chi connectivity index (χ1n) is 7.74. The van der Waals surface area contributed by atoms with Crippen molar-refractivity contribution in [2.75, 3.05) is 0 Å². The van der Waals surface area contributed by atoms with Gasteiger partial charge in [-0.3, -0.25) is 4.79 Å². The van der Waals surface area contributed by atoms with E-state index in [2.05, 4.69) is 20.6 Å². The summed E-state index contributed by atoms with van der Waals surface area (Å²) in [5, 5.41) is 11.0. The Morgan fingerprint density at radius 3 is 2.67 bits per heavy atom. The lowest BCUT2D eigenvalue weighted by molar-refractivity contribution is -0.120. The summed E-state index contributed by atoms with van der Waals surface area (Å²) in [5.41, 5.74) is 0.285. The molecule has 1 aliphatic heterocycles. The summed E-state index contributed by atoms with van der Waals surface area (Å²) in [7, 11) is 0. The monoisotopic (exact) mass is 328 g/mol. The molecule has 0 fully saturated rings. The van der Waals surface area contributed by atoms with Crippen molar-refractivity contribution in [3.8, 4) is 0 Å². The van der Waals surface area contributed by atoms with Gasteiger partial charge < -0.3 is 14.7 Å². The molecule has 0 spiro atoms. The Morgan fingerprint density at radius 2 is 2.00 bits per heavy atom. The lowest BCUT2D eigenvalue weighted by Crippen LogP contribution is -2.40. The molecule has 2 heterocycles. The van der Waals surface area contributed by atoms with Crippen LogP contribution in [0.3, 0.4) is 0 Å². The smallest absolute Gasteiger partial charge is 0.273 e. The molecule has 1 aromatic heterocycles. The second-order valence-electron chi connectivity index (χ2n) is 6.63. The van der Waals surface area contributed by atoms with E-state index in [0.717, 1.165) is 11.3 Å². The maximum atomic E-state index is 11.3. The van der Waals surface area contributed by atoms with Crippen LogP contribution in [0.15, 0.2) is 40.0 Å². The Morgan fingerprint density at radius 1 is 1.29 bits per heavy atom. The number of oxime groups is 1. The van der Waals surface area contributed by atoms with Gasteiger partial charge in [0.25, 0.3) is 5.89 Å². The first kappa shape index (κ1) is 16.2. The highest BCUT2D eigenvalue weighted by Gasteiger charge is 2.43. The van der Waals surface area contributed by atoms with Crippen molar-refractivity contribution in [1.82, 2.24) is 15.5 Å². The summed E-state index contributed by atoms with van der Waals surface area (Å²) >= 11 is 0. The van der Waals surface area contributed by atoms with Crippen LogP contribution in [0.4, 0.5) is 0 Å². The lowest BCUT2D eigenvalue weighted by atomic mass is 9.96. The number of carbonyl (C=O) groups excluding carboxylic acids is 1. The van der Waals surface area contributed by atoms with Gasteiger partial charge in [0.05, 0.1) is 11.3 Å². The van der Waals surface area contributed by atoms with Crippen LogP contribution in [-0.2, 0) is 20.8 Å². The molecule has 0 saturated heterocycles. The summed E-state index contributed by atoms with van der Waals surface area (Å²) in [5.74, 6) is 0.570. The highest BCUT2D eigenvalue weighted by molar-refractivity contribution is 6.01. The van der Waals surface area contributed by atoms with E-state index in [1.54, 1.807) is 0 Å². The molecule has 7 nitrogen and oxygen atoms in total. The SMILES string of the molecule is CC(=O)NC(C)(C)c1noc(C2(C)CC(c3ccccc3)=NO2)n1. The summed E-state index contributed by atoms with van der Waals surface area (Å²) in [6.45, 7) is 6.93. The number of benzene rings is 1. The maximum absolute atomic E-state index is 11.3. The highest BCUT2D eigenvalue weighted by atomic mass is 16.7. The molecule has 24 heavy (non-hydrogen) atoms. The van der Waals surface area contributed by atoms with Crippen molar-refractivity contribution < 1.29 is 14.2 Å². The van der Waals surface area contributed by atoms with Crippen molar-refractivity contribution in [3.05, 3.63) is 47.6 Å². The number of aromatic nitrogens is 2. The minimum Gasteiger partial charge on any atom is -0.379 e. The van der Waals surface area contributed by atoms with Crippen LogP contribution in [-0.4, -0.2) is 21.8 Å². The Balaban J connectivity index is 1.80. The van der Waals surface area contributed by atoms with E-state index in [-0.39, 0.29) is 5.91 Å². The Labute approximate surface area is 140 Å². The normalized spacial score (nSPS) is 20.4. The molecular weight excluding hydrogens is 308 g/mol. The number of nitrogens with one attached hydrogen (secondary N) is 1. The van der Waals surface area contributed by atoms with Crippen LogP contribution in [0.25, 0.3) is 0 Å². The summed E-state index contributed by atoms with van der Waals surface area (Å²) in [4.78, 5) is 21.3. The van der Waals surface area contributed by atoms with Crippen molar-refractivity contribution in [1.29, 1.82) is 0 Å². The zero-order chi connectivity index (χ0) is 17.4. The second kappa shape index (κ2) is 5.74. The van der Waals surface area contributed by atoms with Gasteiger partial charge in [0.2, 0.25) is 11.5 Å². The van der Waals surface area contributed by atoms with Gasteiger partial charge in [-0.05, 0) is 26.3 Å². The molecule has 2 aromatic rings. The van der Waals surface area contributed by atoms with Crippen LogP contribution in [0.2, 0.25) is 0 Å². The van der Waals surface area contributed by atoms with E-state index in [9.17, 15) is 4.79 Å². The van der Waals surface area contributed by atoms with E-state index < -0.39 is 11.1 Å². The van der Waals surface area contributed by atoms with Gasteiger partial charge in [-0.2, -0.15) is 4.98 Å². The largest absolute Gasteiger partial charge is 0.379 e. The molecule has 1 aromatic carbocycles. The molecule has 126 valence electrons. The molecule has 1 atom stereocenters. The number of amides is 1. The van der Waals surface area contributed by atoms with Gasteiger partial charge in [0.1, 0.15) is 0 Å². The number of carbonyl (C=O) groups is 1. The molecule has 1 N–H and O–H groups in total. The van der Waals surface area contributed by atoms with Crippen molar-refractivity contribution in [2.45, 2.75) is 45.3 Å². The lowest BCUT2D eigenvalue weighted by Gasteiger charge is -2.21. The van der Waals surface area contributed by atoms with E-state index in [1.807, 2.05) is 51.1 Å². The zero-order valence-corrected chi connectivity index (χ0v) is 14.2. The quantitative estimate of drug-likeness (QED) is 0.931. The predicted molar refractivity (Wildman–Crippen MR) is 87.2 cm³/mol. The van der Waals surface area contributed by atoms with Gasteiger partial charge in [-0.15, -0.1) is 0 Å². The maximum Gasteiger partial charge on any atom is 0.273 e. The van der Waals surface area contributed by atoms with Gasteiger partial charge in [0, 0.05) is 13.3 Å². The van der Waals surface area contributed by atoms with Gasteiger partial charge in [-0.1, -0.05) is 40.6 Å². The van der Waals surface area contributed by atoms with Crippen LogP contribution in [0.1, 0.15) is 51.4 Å². The van der Waals surface area contributed by atoms with Crippen LogP contribution >= 0.6 is 0 Å². The molecule has 0 bridgehead atoms. The number of nitrogens with zero attached hydrogens (tertiary/aromatic N) is 3. The molecule has 1 aliphatic rings. The summed E-state index contributed by atoms with van der Waals surface area (Å²) in [6, 6.07) is 9.82. The first-order chi connectivity index (χ1) is 11.3. The summed E-state index contributed by atoms with van der Waals surface area (Å²) in [6.07, 6.45) is 0.527. The molecule has 0 aliphatic carbocycles. The molecular formula is C17H20N4O3. The molecule has 1 unspecified atom stereocenters. The topological polar surface area (TPSA) is 89.6 Å². The molecule has 7 heteroatoms. The fourth-order valence-corrected chi connectivity index (χ4v) is 2.63. The third-order valence-electron chi connectivity index (χ3n) is 3.90. The van der Waals surface area contributed by atoms with Crippen LogP contribution in [0.5, 0.6) is 0 Å². The second-order valence-corrected chi connectivity index (χ2v) is 6.63. The molecule has 0 saturated carbocycles. The molecule has 3 rings (SSSR count). The van der Waals surface area contributed by atoms with E-state index in [1.165, 1.54) is 6.92 Å². The van der Waals surface area contributed by atoms with Crippen molar-refractivity contribution in [2.24, 2.45) is 5.16 Å². The zero-order valence-electron chi connectivity index (χ0n) is 14.2. The third-order valence-corrected chi connectivity index (χ3v) is 3.90. The van der Waals surface area contributed by atoms with Crippen molar-refractivity contribution >= 4 is 11.6 Å². The number of rotatable bonds is 4. The fraction of sp³-hybridized carbons (Fsp3) is 0.412. The van der Waals surface area contributed by atoms with Gasteiger partial charge >= 0.3 is 0 Å². The van der Waals surface area contributed by atoms with E-state index >= 15 is 0 Å². The Bertz CT molecular complexity index is 782. The standard InChI is InChI=1S/C17H20N4O3/c1-11(22)19-16(2,3)14-18-15(23-21-14)17(4)10-13(20-24-17)12-8-6-5-7-9-12/h5-9H,10H2,1-4H3,(H,19,22).